The van der Waals surface area contributed by atoms with Gasteiger partial charge in [0, 0.05) is 22.5 Å². The van der Waals surface area contributed by atoms with Crippen molar-refractivity contribution in [2.24, 2.45) is 0 Å². The van der Waals surface area contributed by atoms with Gasteiger partial charge in [-0.3, -0.25) is 4.98 Å². The number of pyridine rings is 2. The highest BCUT2D eigenvalue weighted by Gasteiger charge is 2.11. The molecule has 2 aromatic heterocycles. The summed E-state index contributed by atoms with van der Waals surface area (Å²) in [7, 11) is 0. The number of hydrogen-bond donors (Lipinski definition) is 0. The average Bonchev–Trinajstić information content (AvgIpc) is 2.95. The van der Waals surface area contributed by atoms with E-state index in [-0.39, 0.29) is 0 Å². The van der Waals surface area contributed by atoms with Crippen LogP contribution in [-0.2, 0) is 0 Å². The smallest absolute Gasteiger partial charge is 0.0972 e. The van der Waals surface area contributed by atoms with Crippen LogP contribution in [0.3, 0.4) is 0 Å². The van der Waals surface area contributed by atoms with E-state index in [1.54, 1.807) is 0 Å². The first-order valence-electron chi connectivity index (χ1n) is 12.2. The summed E-state index contributed by atoms with van der Waals surface area (Å²) in [5, 5.41) is 10.1. The number of rotatable bonds is 2. The molecule has 0 fully saturated rings. The van der Waals surface area contributed by atoms with Gasteiger partial charge in [0.05, 0.1) is 16.7 Å². The van der Waals surface area contributed by atoms with E-state index in [9.17, 15) is 0 Å². The van der Waals surface area contributed by atoms with E-state index in [0.717, 1.165) is 33.1 Å². The van der Waals surface area contributed by atoms with Gasteiger partial charge in [-0.2, -0.15) is 0 Å². The molecule has 36 heavy (non-hydrogen) atoms. The van der Waals surface area contributed by atoms with Crippen LogP contribution in [0.15, 0.2) is 121 Å². The molecule has 6 aromatic carbocycles. The zero-order valence-electron chi connectivity index (χ0n) is 19.4. The predicted octanol–water partition coefficient (Wildman–Crippen LogP) is 9.01. The van der Waals surface area contributed by atoms with E-state index in [1.165, 1.54) is 43.4 Å². The number of aromatic nitrogens is 2. The molecule has 0 aliphatic carbocycles. The van der Waals surface area contributed by atoms with Crippen molar-refractivity contribution in [3.63, 3.8) is 0 Å². The topological polar surface area (TPSA) is 25.8 Å². The Morgan fingerprint density at radius 1 is 0.389 bits per heavy atom. The van der Waals surface area contributed by atoms with Gasteiger partial charge in [-0.1, -0.05) is 91.0 Å². The summed E-state index contributed by atoms with van der Waals surface area (Å²) in [5.41, 5.74) is 6.39. The summed E-state index contributed by atoms with van der Waals surface area (Å²) >= 11 is 0. The van der Waals surface area contributed by atoms with Gasteiger partial charge >= 0.3 is 0 Å². The Kier molecular flexibility index (Phi) is 3.97. The summed E-state index contributed by atoms with van der Waals surface area (Å²) in [5.74, 6) is 0. The normalized spacial score (nSPS) is 11.9. The first-order valence-corrected chi connectivity index (χ1v) is 12.2. The van der Waals surface area contributed by atoms with Crippen molar-refractivity contribution < 1.29 is 0 Å². The Bertz CT molecular complexity index is 2020. The van der Waals surface area contributed by atoms with Crippen molar-refractivity contribution in [1.29, 1.82) is 0 Å². The van der Waals surface area contributed by atoms with Crippen LogP contribution < -0.4 is 0 Å². The molecular weight excluding hydrogens is 436 g/mol. The second kappa shape index (κ2) is 7.34. The molecular formula is C34H20N2. The summed E-state index contributed by atoms with van der Waals surface area (Å²) < 4.78 is 0. The summed E-state index contributed by atoms with van der Waals surface area (Å²) in [6, 6.07) is 41.4. The Morgan fingerprint density at radius 2 is 0.944 bits per heavy atom. The molecule has 0 saturated carbocycles. The van der Waals surface area contributed by atoms with Crippen LogP contribution in [0.4, 0.5) is 0 Å². The zero-order chi connectivity index (χ0) is 23.6. The van der Waals surface area contributed by atoms with Crippen LogP contribution >= 0.6 is 0 Å². The first-order chi connectivity index (χ1) is 17.8. The molecule has 0 aliphatic rings. The molecule has 0 radical (unpaired) electrons. The lowest BCUT2D eigenvalue weighted by molar-refractivity contribution is 1.37. The minimum atomic E-state index is 0.946. The largest absolute Gasteiger partial charge is 0.254 e. The van der Waals surface area contributed by atoms with Crippen LogP contribution in [0.1, 0.15) is 0 Å². The highest BCUT2D eigenvalue weighted by atomic mass is 14.7. The monoisotopic (exact) mass is 456 g/mol. The number of nitrogens with zero attached hydrogens (tertiary/aromatic N) is 2. The predicted molar refractivity (Wildman–Crippen MR) is 152 cm³/mol. The maximum atomic E-state index is 5.01. The molecule has 0 aliphatic heterocycles. The average molecular weight is 457 g/mol. The minimum Gasteiger partial charge on any atom is -0.254 e. The quantitative estimate of drug-likeness (QED) is 0.243. The molecule has 8 aromatic rings. The van der Waals surface area contributed by atoms with E-state index < -0.39 is 0 Å². The summed E-state index contributed by atoms with van der Waals surface area (Å²) in [6.45, 7) is 0. The van der Waals surface area contributed by atoms with E-state index in [4.69, 9.17) is 4.98 Å². The van der Waals surface area contributed by atoms with Gasteiger partial charge in [0.25, 0.3) is 0 Å². The fourth-order valence-corrected chi connectivity index (χ4v) is 5.64. The third-order valence-electron chi connectivity index (χ3n) is 7.41. The van der Waals surface area contributed by atoms with Gasteiger partial charge < -0.3 is 0 Å². The summed E-state index contributed by atoms with van der Waals surface area (Å²) in [6.07, 6.45) is 1.83. The molecule has 0 N–H and O–H groups in total. The van der Waals surface area contributed by atoms with E-state index >= 15 is 0 Å². The van der Waals surface area contributed by atoms with Crippen LogP contribution in [0.5, 0.6) is 0 Å². The van der Waals surface area contributed by atoms with Crippen molar-refractivity contribution in [1.82, 2.24) is 9.97 Å². The SMILES string of the molecule is c1cnc2c(c1)ccc1ccc(-c3ccc(-c4cc5ccc6cccc7ccc(c4)c5c67)cc3)nc12. The van der Waals surface area contributed by atoms with Gasteiger partial charge in [0.1, 0.15) is 0 Å². The second-order valence-corrected chi connectivity index (χ2v) is 9.49. The number of hydrogen-bond acceptors (Lipinski definition) is 2. The van der Waals surface area contributed by atoms with Crippen LogP contribution in [0.2, 0.25) is 0 Å². The van der Waals surface area contributed by atoms with E-state index in [2.05, 4.69) is 114 Å². The molecule has 8 rings (SSSR count). The molecule has 0 spiro atoms. The zero-order valence-corrected chi connectivity index (χ0v) is 19.4. The minimum absolute atomic E-state index is 0.946. The van der Waals surface area contributed by atoms with Gasteiger partial charge in [0.2, 0.25) is 0 Å². The second-order valence-electron chi connectivity index (χ2n) is 9.49. The lowest BCUT2D eigenvalue weighted by Crippen LogP contribution is -1.89. The lowest BCUT2D eigenvalue weighted by Gasteiger charge is -2.13. The van der Waals surface area contributed by atoms with Crippen LogP contribution in [0, 0.1) is 0 Å². The van der Waals surface area contributed by atoms with Crippen molar-refractivity contribution in [2.45, 2.75) is 0 Å². The maximum absolute atomic E-state index is 5.01. The van der Waals surface area contributed by atoms with Crippen molar-refractivity contribution in [3.05, 3.63) is 121 Å². The lowest BCUT2D eigenvalue weighted by atomic mass is 9.91. The Hall–Kier alpha value is -4.82. The van der Waals surface area contributed by atoms with Crippen molar-refractivity contribution in [3.8, 4) is 22.4 Å². The molecule has 0 atom stereocenters. The van der Waals surface area contributed by atoms with Gasteiger partial charge in [-0.05, 0) is 67.7 Å². The van der Waals surface area contributed by atoms with E-state index in [0.29, 0.717) is 0 Å². The molecule has 2 heterocycles. The van der Waals surface area contributed by atoms with Crippen molar-refractivity contribution in [2.75, 3.05) is 0 Å². The van der Waals surface area contributed by atoms with Crippen LogP contribution in [-0.4, -0.2) is 9.97 Å². The molecule has 0 saturated heterocycles. The Morgan fingerprint density at radius 3 is 1.69 bits per heavy atom. The van der Waals surface area contributed by atoms with Gasteiger partial charge in [-0.25, -0.2) is 4.98 Å². The fraction of sp³-hybridized carbons (Fsp3) is 0. The molecule has 0 amide bonds. The third-order valence-corrected chi connectivity index (χ3v) is 7.41. The molecule has 166 valence electrons. The van der Waals surface area contributed by atoms with Crippen molar-refractivity contribution >= 4 is 54.1 Å². The summed E-state index contributed by atoms with van der Waals surface area (Å²) in [4.78, 5) is 9.60. The molecule has 2 nitrogen and oxygen atoms in total. The first kappa shape index (κ1) is 19.5. The highest BCUT2D eigenvalue weighted by molar-refractivity contribution is 6.23. The fourth-order valence-electron chi connectivity index (χ4n) is 5.64. The standard InChI is InChI=1S/C34H20N2/c1-3-23-10-14-27-19-29(20-28-15-11-24(4-1)31(23)32(27)28)21-6-8-22(9-7-21)30-17-16-26-13-12-25-5-2-18-35-33(25)34(26)36-30/h1-20H. The Labute approximate surface area is 207 Å². The maximum Gasteiger partial charge on any atom is 0.0972 e. The number of fused-ring (bicyclic) bond motifs is 3. The third kappa shape index (κ3) is 2.85. The Balaban J connectivity index is 1.24. The van der Waals surface area contributed by atoms with E-state index in [1.807, 2.05) is 12.3 Å². The van der Waals surface area contributed by atoms with Gasteiger partial charge in [0.15, 0.2) is 0 Å². The van der Waals surface area contributed by atoms with Crippen LogP contribution in [0.25, 0.3) is 76.5 Å². The highest BCUT2D eigenvalue weighted by Crippen LogP contribution is 2.37. The molecule has 0 unspecified atom stereocenters. The molecule has 2 heteroatoms. The molecule has 0 bridgehead atoms. The van der Waals surface area contributed by atoms with Gasteiger partial charge in [-0.15, -0.1) is 0 Å². The number of benzene rings is 6.